The highest BCUT2D eigenvalue weighted by Gasteiger charge is 2.24. The lowest BCUT2D eigenvalue weighted by Crippen LogP contribution is -2.37. The van der Waals surface area contributed by atoms with Crippen LogP contribution in [0.3, 0.4) is 0 Å². The molecule has 0 aliphatic heterocycles. The van der Waals surface area contributed by atoms with E-state index < -0.39 is 6.10 Å². The maximum atomic E-state index is 13.1. The van der Waals surface area contributed by atoms with E-state index in [1.165, 1.54) is 12.1 Å². The predicted molar refractivity (Wildman–Crippen MR) is 94.7 cm³/mol. The first-order valence-electron chi connectivity index (χ1n) is 8.57. The summed E-state index contributed by atoms with van der Waals surface area (Å²) in [6.07, 6.45) is 1.52. The van der Waals surface area contributed by atoms with Gasteiger partial charge >= 0.3 is 0 Å². The summed E-state index contributed by atoms with van der Waals surface area (Å²) in [5, 5.41) is 14.8. The van der Waals surface area contributed by atoms with E-state index in [0.29, 0.717) is 24.1 Å². The van der Waals surface area contributed by atoms with Crippen molar-refractivity contribution in [2.24, 2.45) is 13.0 Å². The summed E-state index contributed by atoms with van der Waals surface area (Å²) in [4.78, 5) is 14.6. The number of amides is 1. The molecule has 0 aliphatic carbocycles. The lowest BCUT2D eigenvalue weighted by molar-refractivity contribution is 0.0593. The Kier molecular flexibility index (Phi) is 6.31. The number of benzene rings is 1. The number of carbonyl (C=O) groups excluding carboxylic acids is 1. The van der Waals surface area contributed by atoms with E-state index in [1.807, 2.05) is 20.8 Å². The smallest absolute Gasteiger partial charge is 0.257 e. The van der Waals surface area contributed by atoms with Crippen LogP contribution in [-0.4, -0.2) is 38.8 Å². The number of rotatable bonds is 7. The Labute approximate surface area is 148 Å². The van der Waals surface area contributed by atoms with Gasteiger partial charge in [-0.1, -0.05) is 32.9 Å². The van der Waals surface area contributed by atoms with Crippen LogP contribution in [0.2, 0.25) is 0 Å². The maximum absolute atomic E-state index is 13.1. The highest BCUT2D eigenvalue weighted by atomic mass is 19.1. The van der Waals surface area contributed by atoms with Crippen molar-refractivity contribution >= 4 is 5.91 Å². The van der Waals surface area contributed by atoms with E-state index in [4.69, 9.17) is 0 Å². The highest BCUT2D eigenvalue weighted by Crippen LogP contribution is 2.19. The van der Waals surface area contributed by atoms with Gasteiger partial charge in [-0.25, -0.2) is 4.39 Å². The Morgan fingerprint density at radius 1 is 1.28 bits per heavy atom. The molecule has 1 aromatic heterocycles. The monoisotopic (exact) mass is 347 g/mol. The molecule has 1 aromatic carbocycles. The van der Waals surface area contributed by atoms with E-state index in [2.05, 4.69) is 5.10 Å². The van der Waals surface area contributed by atoms with Crippen molar-refractivity contribution in [1.29, 1.82) is 0 Å². The van der Waals surface area contributed by atoms with Gasteiger partial charge in [0.1, 0.15) is 5.82 Å². The van der Waals surface area contributed by atoms with Gasteiger partial charge in [0, 0.05) is 19.8 Å². The lowest BCUT2D eigenvalue weighted by Gasteiger charge is -2.27. The van der Waals surface area contributed by atoms with E-state index in [0.717, 1.165) is 5.69 Å². The summed E-state index contributed by atoms with van der Waals surface area (Å²) in [7, 11) is 1.79. The van der Waals surface area contributed by atoms with Gasteiger partial charge in [0.2, 0.25) is 0 Å². The Hall–Kier alpha value is -2.21. The normalized spacial score (nSPS) is 12.4. The second kappa shape index (κ2) is 8.25. The van der Waals surface area contributed by atoms with Crippen molar-refractivity contribution in [1.82, 2.24) is 14.7 Å². The quantitative estimate of drug-likeness (QED) is 0.838. The number of halogens is 1. The number of hydrogen-bond donors (Lipinski definition) is 1. The minimum Gasteiger partial charge on any atom is -0.387 e. The van der Waals surface area contributed by atoms with Gasteiger partial charge < -0.3 is 10.0 Å². The van der Waals surface area contributed by atoms with Crippen molar-refractivity contribution in [2.45, 2.75) is 33.3 Å². The molecule has 2 rings (SSSR count). The third-order valence-electron chi connectivity index (χ3n) is 3.99. The molecule has 6 heteroatoms. The molecule has 0 aliphatic rings. The van der Waals surface area contributed by atoms with Gasteiger partial charge in [0.15, 0.2) is 0 Å². The fourth-order valence-electron chi connectivity index (χ4n) is 2.82. The van der Waals surface area contributed by atoms with Crippen LogP contribution in [0.4, 0.5) is 4.39 Å². The summed E-state index contributed by atoms with van der Waals surface area (Å²) in [5.41, 5.74) is 1.90. The standard InChI is InChI=1S/C19H26FN3O2/c1-5-17-16(11-22(4)21-17)19(25)23(10-13(2)3)12-18(24)14-6-8-15(20)9-7-14/h6-9,11,13,18,24H,5,10,12H2,1-4H3. The van der Waals surface area contributed by atoms with Gasteiger partial charge in [0.05, 0.1) is 23.9 Å². The highest BCUT2D eigenvalue weighted by molar-refractivity contribution is 5.95. The zero-order chi connectivity index (χ0) is 18.6. The molecule has 0 fully saturated rings. The van der Waals surface area contributed by atoms with E-state index >= 15 is 0 Å². The van der Waals surface area contributed by atoms with Crippen LogP contribution >= 0.6 is 0 Å². The average molecular weight is 347 g/mol. The summed E-state index contributed by atoms with van der Waals surface area (Å²) in [6, 6.07) is 5.70. The molecule has 1 amide bonds. The van der Waals surface area contributed by atoms with E-state index in [-0.39, 0.29) is 24.2 Å². The molecule has 0 spiro atoms. The molecule has 1 atom stereocenters. The first-order valence-corrected chi connectivity index (χ1v) is 8.57. The van der Waals surface area contributed by atoms with Crippen LogP contribution in [0.15, 0.2) is 30.5 Å². The zero-order valence-electron chi connectivity index (χ0n) is 15.2. The van der Waals surface area contributed by atoms with E-state index in [1.54, 1.807) is 35.0 Å². The Morgan fingerprint density at radius 2 is 1.92 bits per heavy atom. The molecule has 136 valence electrons. The third-order valence-corrected chi connectivity index (χ3v) is 3.99. The molecule has 1 N–H and O–H groups in total. The number of aliphatic hydroxyl groups is 1. The summed E-state index contributed by atoms with van der Waals surface area (Å²) >= 11 is 0. The number of carbonyl (C=O) groups is 1. The first kappa shape index (κ1) is 19.1. The SMILES string of the molecule is CCc1nn(C)cc1C(=O)N(CC(C)C)CC(O)c1ccc(F)cc1. The van der Waals surface area contributed by atoms with Crippen LogP contribution in [0.1, 0.15) is 48.5 Å². The van der Waals surface area contributed by atoms with Gasteiger partial charge in [-0.05, 0) is 30.0 Å². The first-order chi connectivity index (χ1) is 11.8. The minimum atomic E-state index is -0.870. The molecule has 5 nitrogen and oxygen atoms in total. The Balaban J connectivity index is 2.22. The Bertz CT molecular complexity index is 710. The second-order valence-corrected chi connectivity index (χ2v) is 6.69. The molecule has 0 radical (unpaired) electrons. The number of aromatic nitrogens is 2. The van der Waals surface area contributed by atoms with Crippen LogP contribution < -0.4 is 0 Å². The summed E-state index contributed by atoms with van der Waals surface area (Å²) in [6.45, 7) is 6.68. The maximum Gasteiger partial charge on any atom is 0.257 e. The summed E-state index contributed by atoms with van der Waals surface area (Å²) in [5.74, 6) is -0.236. The number of hydrogen-bond acceptors (Lipinski definition) is 3. The molecule has 0 saturated carbocycles. The van der Waals surface area contributed by atoms with Crippen molar-refractivity contribution in [3.8, 4) is 0 Å². The number of nitrogens with zero attached hydrogens (tertiary/aromatic N) is 3. The van der Waals surface area contributed by atoms with Crippen LogP contribution in [0.25, 0.3) is 0 Å². The minimum absolute atomic E-state index is 0.139. The van der Waals surface area contributed by atoms with Crippen molar-refractivity contribution in [2.75, 3.05) is 13.1 Å². The Morgan fingerprint density at radius 3 is 2.48 bits per heavy atom. The topological polar surface area (TPSA) is 58.4 Å². The number of aryl methyl sites for hydroxylation is 2. The second-order valence-electron chi connectivity index (χ2n) is 6.69. The van der Waals surface area contributed by atoms with Crippen molar-refractivity contribution < 1.29 is 14.3 Å². The summed E-state index contributed by atoms with van der Waals surface area (Å²) < 4.78 is 14.7. The van der Waals surface area contributed by atoms with Gasteiger partial charge in [-0.3, -0.25) is 9.48 Å². The molecular formula is C19H26FN3O2. The fourth-order valence-corrected chi connectivity index (χ4v) is 2.82. The zero-order valence-corrected chi connectivity index (χ0v) is 15.2. The van der Waals surface area contributed by atoms with Crippen LogP contribution in [0, 0.1) is 11.7 Å². The molecule has 0 bridgehead atoms. The third kappa shape index (κ3) is 4.89. The van der Waals surface area contributed by atoms with Crippen molar-refractivity contribution in [3.05, 3.63) is 53.1 Å². The number of aliphatic hydroxyl groups excluding tert-OH is 1. The van der Waals surface area contributed by atoms with Crippen molar-refractivity contribution in [3.63, 3.8) is 0 Å². The van der Waals surface area contributed by atoms with Gasteiger partial charge in [0.25, 0.3) is 5.91 Å². The largest absolute Gasteiger partial charge is 0.387 e. The molecule has 1 heterocycles. The van der Waals surface area contributed by atoms with Gasteiger partial charge in [-0.15, -0.1) is 0 Å². The lowest BCUT2D eigenvalue weighted by atomic mass is 10.1. The molecule has 2 aromatic rings. The predicted octanol–water partition coefficient (Wildman–Crippen LogP) is 2.95. The molecule has 0 saturated heterocycles. The van der Waals surface area contributed by atoms with E-state index in [9.17, 15) is 14.3 Å². The van der Waals surface area contributed by atoms with Crippen LogP contribution in [0.5, 0.6) is 0 Å². The molecule has 25 heavy (non-hydrogen) atoms. The molecular weight excluding hydrogens is 321 g/mol. The van der Waals surface area contributed by atoms with Gasteiger partial charge in [-0.2, -0.15) is 5.10 Å². The molecule has 1 unspecified atom stereocenters. The average Bonchev–Trinajstić information content (AvgIpc) is 2.94. The fraction of sp³-hybridized carbons (Fsp3) is 0.474. The van der Waals surface area contributed by atoms with Crippen LogP contribution in [-0.2, 0) is 13.5 Å².